The number of hydrogen-bond donors (Lipinski definition) is 1. The Bertz CT molecular complexity index is 632. The van der Waals surface area contributed by atoms with Gasteiger partial charge in [0.2, 0.25) is 0 Å². The van der Waals surface area contributed by atoms with Crippen molar-refractivity contribution in [3.8, 4) is 0 Å². The molecule has 0 aliphatic heterocycles. The summed E-state index contributed by atoms with van der Waals surface area (Å²) in [4.78, 5) is 22.6. The average molecular weight is 284 g/mol. The van der Waals surface area contributed by atoms with Gasteiger partial charge in [-0.25, -0.2) is 4.79 Å². The van der Waals surface area contributed by atoms with Crippen molar-refractivity contribution in [3.63, 3.8) is 0 Å². The molecule has 92 valence electrons. The first-order valence-corrected chi connectivity index (χ1v) is 5.68. The lowest BCUT2D eigenvalue weighted by Crippen LogP contribution is -2.13. The first-order chi connectivity index (χ1) is 8.58. The molecule has 4 nitrogen and oxygen atoms in total. The molecular formula is C12H7Cl2NO3. The molecule has 0 spiro atoms. The van der Waals surface area contributed by atoms with Crippen LogP contribution in [0.2, 0.25) is 10.0 Å². The topological polar surface area (TPSA) is 59.3 Å². The second kappa shape index (κ2) is 5.25. The summed E-state index contributed by atoms with van der Waals surface area (Å²) < 4.78 is 4.60. The molecule has 0 unspecified atom stereocenters. The smallest absolute Gasteiger partial charge is 0.335 e. The third kappa shape index (κ3) is 2.72. The van der Waals surface area contributed by atoms with E-state index in [1.54, 1.807) is 18.2 Å². The van der Waals surface area contributed by atoms with Crippen LogP contribution in [0.1, 0.15) is 10.4 Å². The highest BCUT2D eigenvalue weighted by atomic mass is 35.5. The number of hydrogen-bond acceptors (Lipinski definition) is 3. The molecule has 0 atom stereocenters. The van der Waals surface area contributed by atoms with E-state index in [9.17, 15) is 9.59 Å². The van der Waals surface area contributed by atoms with E-state index in [2.05, 4.69) is 9.73 Å². The maximum absolute atomic E-state index is 11.8. The molecule has 1 heterocycles. The van der Waals surface area contributed by atoms with Gasteiger partial charge in [-0.3, -0.25) is 4.79 Å². The number of carbonyl (C=O) groups is 1. The molecular weight excluding hydrogens is 277 g/mol. The lowest BCUT2D eigenvalue weighted by molar-refractivity contribution is 0.102. The van der Waals surface area contributed by atoms with Crippen molar-refractivity contribution in [2.45, 2.75) is 0 Å². The van der Waals surface area contributed by atoms with Crippen molar-refractivity contribution < 1.29 is 9.21 Å². The van der Waals surface area contributed by atoms with E-state index in [0.29, 0.717) is 10.7 Å². The molecule has 1 aromatic heterocycles. The summed E-state index contributed by atoms with van der Waals surface area (Å²) in [5, 5.41) is 3.17. The SMILES string of the molecule is O=C(Nc1cccc(Cl)c1Cl)c1ccc(=O)oc1. The molecule has 0 bridgehead atoms. The molecule has 6 heteroatoms. The Labute approximate surface area is 112 Å². The predicted molar refractivity (Wildman–Crippen MR) is 69.4 cm³/mol. The minimum absolute atomic E-state index is 0.214. The van der Waals surface area contributed by atoms with Gasteiger partial charge < -0.3 is 9.73 Å². The molecule has 18 heavy (non-hydrogen) atoms. The van der Waals surface area contributed by atoms with Crippen molar-refractivity contribution in [3.05, 3.63) is 62.6 Å². The van der Waals surface area contributed by atoms with Crippen molar-refractivity contribution in [1.29, 1.82) is 0 Å². The zero-order chi connectivity index (χ0) is 13.1. The standard InChI is InChI=1S/C12H7Cl2NO3/c13-8-2-1-3-9(11(8)14)15-12(17)7-4-5-10(16)18-6-7/h1-6H,(H,15,17). The van der Waals surface area contributed by atoms with E-state index in [0.717, 1.165) is 12.3 Å². The van der Waals surface area contributed by atoms with Crippen LogP contribution in [0.4, 0.5) is 5.69 Å². The Hall–Kier alpha value is -1.78. The zero-order valence-corrected chi connectivity index (χ0v) is 10.5. The van der Waals surface area contributed by atoms with Gasteiger partial charge in [-0.15, -0.1) is 0 Å². The summed E-state index contributed by atoms with van der Waals surface area (Å²) in [6, 6.07) is 7.41. The van der Waals surface area contributed by atoms with Gasteiger partial charge in [0.25, 0.3) is 5.91 Å². The van der Waals surface area contributed by atoms with Gasteiger partial charge in [0.15, 0.2) is 0 Å². The molecule has 0 aliphatic rings. The largest absolute Gasteiger partial charge is 0.430 e. The van der Waals surface area contributed by atoms with Crippen LogP contribution in [0.3, 0.4) is 0 Å². The number of amides is 1. The fraction of sp³-hybridized carbons (Fsp3) is 0. The lowest BCUT2D eigenvalue weighted by Gasteiger charge is -2.07. The number of nitrogens with one attached hydrogen (secondary N) is 1. The Morgan fingerprint density at radius 1 is 1.17 bits per heavy atom. The van der Waals surface area contributed by atoms with Gasteiger partial charge in [0, 0.05) is 6.07 Å². The molecule has 0 fully saturated rings. The second-order valence-corrected chi connectivity index (χ2v) is 4.18. The third-order valence-corrected chi connectivity index (χ3v) is 2.98. The minimum Gasteiger partial charge on any atom is -0.430 e. The van der Waals surface area contributed by atoms with E-state index < -0.39 is 11.5 Å². The molecule has 0 saturated heterocycles. The van der Waals surface area contributed by atoms with Crippen LogP contribution in [0.5, 0.6) is 0 Å². The molecule has 2 aromatic rings. The van der Waals surface area contributed by atoms with Crippen LogP contribution in [-0.4, -0.2) is 5.91 Å². The van der Waals surface area contributed by atoms with E-state index in [-0.39, 0.29) is 10.6 Å². The lowest BCUT2D eigenvalue weighted by atomic mass is 10.2. The first kappa shape index (κ1) is 12.7. The van der Waals surface area contributed by atoms with Crippen LogP contribution in [0.25, 0.3) is 0 Å². The first-order valence-electron chi connectivity index (χ1n) is 4.92. The highest BCUT2D eigenvalue weighted by Crippen LogP contribution is 2.29. The van der Waals surface area contributed by atoms with E-state index >= 15 is 0 Å². The molecule has 1 aromatic carbocycles. The molecule has 0 aliphatic carbocycles. The molecule has 1 N–H and O–H groups in total. The van der Waals surface area contributed by atoms with Gasteiger partial charge in [-0.2, -0.15) is 0 Å². The monoisotopic (exact) mass is 283 g/mol. The Morgan fingerprint density at radius 3 is 2.61 bits per heavy atom. The summed E-state index contributed by atoms with van der Waals surface area (Å²) in [5.74, 6) is -0.442. The number of benzene rings is 1. The molecule has 0 radical (unpaired) electrons. The number of carbonyl (C=O) groups excluding carboxylic acids is 1. The fourth-order valence-electron chi connectivity index (χ4n) is 1.28. The molecule has 1 amide bonds. The second-order valence-electron chi connectivity index (χ2n) is 3.40. The molecule has 0 saturated carbocycles. The van der Waals surface area contributed by atoms with Gasteiger partial charge in [-0.05, 0) is 18.2 Å². The van der Waals surface area contributed by atoms with Crippen LogP contribution in [0, 0.1) is 0 Å². The molecule has 2 rings (SSSR count). The normalized spacial score (nSPS) is 10.1. The maximum Gasteiger partial charge on any atom is 0.335 e. The quantitative estimate of drug-likeness (QED) is 0.921. The van der Waals surface area contributed by atoms with Gasteiger partial charge in [-0.1, -0.05) is 29.3 Å². The Kier molecular flexibility index (Phi) is 3.69. The number of anilines is 1. The summed E-state index contributed by atoms with van der Waals surface area (Å²) >= 11 is 11.8. The highest BCUT2D eigenvalue weighted by Gasteiger charge is 2.10. The summed E-state index contributed by atoms with van der Waals surface area (Å²) in [5.41, 5.74) is 0.0818. The summed E-state index contributed by atoms with van der Waals surface area (Å²) in [7, 11) is 0. The summed E-state index contributed by atoms with van der Waals surface area (Å²) in [6.07, 6.45) is 1.08. The maximum atomic E-state index is 11.8. The number of halogens is 2. The van der Waals surface area contributed by atoms with Crippen LogP contribution < -0.4 is 10.9 Å². The van der Waals surface area contributed by atoms with Crippen molar-refractivity contribution in [1.82, 2.24) is 0 Å². The minimum atomic E-state index is -0.521. The van der Waals surface area contributed by atoms with Crippen molar-refractivity contribution >= 4 is 34.8 Å². The Morgan fingerprint density at radius 2 is 1.94 bits per heavy atom. The highest BCUT2D eigenvalue weighted by molar-refractivity contribution is 6.44. The van der Waals surface area contributed by atoms with Gasteiger partial charge in [0.05, 0.1) is 21.3 Å². The average Bonchev–Trinajstić information content (AvgIpc) is 2.36. The fourth-order valence-corrected chi connectivity index (χ4v) is 1.63. The van der Waals surface area contributed by atoms with Crippen molar-refractivity contribution in [2.24, 2.45) is 0 Å². The van der Waals surface area contributed by atoms with E-state index in [1.165, 1.54) is 6.07 Å². The summed E-state index contributed by atoms with van der Waals surface area (Å²) in [6.45, 7) is 0. The van der Waals surface area contributed by atoms with Crippen molar-refractivity contribution in [2.75, 3.05) is 5.32 Å². The van der Waals surface area contributed by atoms with E-state index in [4.69, 9.17) is 23.2 Å². The van der Waals surface area contributed by atoms with Crippen LogP contribution >= 0.6 is 23.2 Å². The van der Waals surface area contributed by atoms with Gasteiger partial charge >= 0.3 is 5.63 Å². The number of rotatable bonds is 2. The third-order valence-electron chi connectivity index (χ3n) is 2.16. The van der Waals surface area contributed by atoms with Crippen LogP contribution in [0.15, 0.2) is 45.8 Å². The van der Waals surface area contributed by atoms with Gasteiger partial charge in [0.1, 0.15) is 6.26 Å². The Balaban J connectivity index is 2.24. The zero-order valence-electron chi connectivity index (χ0n) is 8.94. The predicted octanol–water partition coefficient (Wildman–Crippen LogP) is 3.20. The van der Waals surface area contributed by atoms with E-state index in [1.807, 2.05) is 0 Å². The van der Waals surface area contributed by atoms with Crippen LogP contribution in [-0.2, 0) is 0 Å².